The first-order chi connectivity index (χ1) is 17.4. The molecule has 8 heteroatoms. The Bertz CT molecular complexity index is 1420. The lowest BCUT2D eigenvalue weighted by Gasteiger charge is -2.29. The molecular weight excluding hydrogens is 472 g/mol. The number of phenolic OH excluding ortho intramolecular Hbond substituents is 1. The normalized spacial score (nSPS) is 17.2. The number of anilines is 1. The predicted octanol–water partition coefficient (Wildman–Crippen LogP) is 5.39. The van der Waals surface area contributed by atoms with Gasteiger partial charge in [0.05, 0.1) is 43.4 Å². The van der Waals surface area contributed by atoms with Gasteiger partial charge in [-0.15, -0.1) is 0 Å². The van der Waals surface area contributed by atoms with E-state index in [1.54, 1.807) is 26.5 Å². The zero-order chi connectivity index (χ0) is 25.4. The minimum absolute atomic E-state index is 0.205. The molecule has 4 aromatic rings. The van der Waals surface area contributed by atoms with Crippen LogP contribution in [-0.2, 0) is 0 Å². The van der Waals surface area contributed by atoms with Gasteiger partial charge in [0, 0.05) is 23.7 Å². The Hall–Kier alpha value is -4.04. The number of aromatic nitrogens is 2. The fourth-order valence-electron chi connectivity index (χ4n) is 5.03. The van der Waals surface area contributed by atoms with Crippen molar-refractivity contribution in [3.63, 3.8) is 0 Å². The van der Waals surface area contributed by atoms with Crippen LogP contribution in [0.1, 0.15) is 34.7 Å². The standard InChI is InChI=1S/C28H28N4O3S/c1-17-15-20(18(2)31(17)22-10-5-6-11-24(22)33)27-26(21-9-7-8-14-29-21)30-28(36)32(27)23-13-12-19(34-3)16-25(23)35-4/h5-16,26-27,33H,1-4H3,(H,30,36). The van der Waals surface area contributed by atoms with Crippen LogP contribution in [-0.4, -0.2) is 34.0 Å². The van der Waals surface area contributed by atoms with E-state index < -0.39 is 0 Å². The molecule has 2 atom stereocenters. The molecule has 0 aliphatic carbocycles. The van der Waals surface area contributed by atoms with Crippen LogP contribution in [0.2, 0.25) is 0 Å². The first kappa shape index (κ1) is 23.7. The number of ether oxygens (including phenoxy) is 2. The number of phenols is 1. The van der Waals surface area contributed by atoms with E-state index in [-0.39, 0.29) is 17.8 Å². The van der Waals surface area contributed by atoms with Crippen LogP contribution in [0.15, 0.2) is 72.9 Å². The zero-order valence-corrected chi connectivity index (χ0v) is 21.4. The number of thiocarbonyl (C=S) groups is 1. The van der Waals surface area contributed by atoms with Crippen molar-refractivity contribution in [2.45, 2.75) is 25.9 Å². The molecule has 0 amide bonds. The molecule has 0 radical (unpaired) electrons. The summed E-state index contributed by atoms with van der Waals surface area (Å²) in [5.41, 5.74) is 5.51. The van der Waals surface area contributed by atoms with Crippen LogP contribution in [0.25, 0.3) is 5.69 Å². The van der Waals surface area contributed by atoms with E-state index in [2.05, 4.69) is 32.8 Å². The third kappa shape index (κ3) is 3.93. The van der Waals surface area contributed by atoms with Crippen molar-refractivity contribution in [2.75, 3.05) is 19.1 Å². The van der Waals surface area contributed by atoms with Crippen molar-refractivity contribution < 1.29 is 14.6 Å². The van der Waals surface area contributed by atoms with Gasteiger partial charge in [-0.25, -0.2) is 0 Å². The summed E-state index contributed by atoms with van der Waals surface area (Å²) >= 11 is 5.90. The van der Waals surface area contributed by atoms with Crippen LogP contribution >= 0.6 is 12.2 Å². The zero-order valence-electron chi connectivity index (χ0n) is 20.6. The second-order valence-electron chi connectivity index (χ2n) is 8.68. The molecule has 1 fully saturated rings. The van der Waals surface area contributed by atoms with Crippen molar-refractivity contribution >= 4 is 23.0 Å². The highest BCUT2D eigenvalue weighted by molar-refractivity contribution is 7.80. The largest absolute Gasteiger partial charge is 0.506 e. The highest BCUT2D eigenvalue weighted by atomic mass is 32.1. The number of methoxy groups -OCH3 is 2. The molecule has 0 bridgehead atoms. The van der Waals surface area contributed by atoms with Gasteiger partial charge in [0.25, 0.3) is 0 Å². The number of pyridine rings is 1. The first-order valence-electron chi connectivity index (χ1n) is 11.6. The van der Waals surface area contributed by atoms with Crippen molar-refractivity contribution in [3.8, 4) is 22.9 Å². The topological polar surface area (TPSA) is 71.8 Å². The Morgan fingerprint density at radius 1 is 0.944 bits per heavy atom. The average Bonchev–Trinajstić information content (AvgIpc) is 3.39. The van der Waals surface area contributed by atoms with Gasteiger partial charge >= 0.3 is 0 Å². The third-order valence-electron chi connectivity index (χ3n) is 6.66. The molecule has 184 valence electrons. The Labute approximate surface area is 215 Å². The summed E-state index contributed by atoms with van der Waals surface area (Å²) < 4.78 is 13.2. The summed E-state index contributed by atoms with van der Waals surface area (Å²) in [6.07, 6.45) is 1.79. The molecule has 36 heavy (non-hydrogen) atoms. The summed E-state index contributed by atoms with van der Waals surface area (Å²) in [4.78, 5) is 6.74. The first-order valence-corrected chi connectivity index (χ1v) is 12.0. The monoisotopic (exact) mass is 500 g/mol. The average molecular weight is 501 g/mol. The Morgan fingerprint density at radius 2 is 1.72 bits per heavy atom. The van der Waals surface area contributed by atoms with Gasteiger partial charge in [0.2, 0.25) is 0 Å². The highest BCUT2D eigenvalue weighted by Crippen LogP contribution is 2.47. The van der Waals surface area contributed by atoms with E-state index in [1.165, 1.54) is 0 Å². The number of benzene rings is 2. The molecule has 7 nitrogen and oxygen atoms in total. The molecule has 0 spiro atoms. The fraction of sp³-hybridized carbons (Fsp3) is 0.214. The maximum atomic E-state index is 10.6. The number of nitrogens with one attached hydrogen (secondary N) is 1. The van der Waals surface area contributed by atoms with Gasteiger partial charge in [0.15, 0.2) is 5.11 Å². The molecule has 3 heterocycles. The van der Waals surface area contributed by atoms with Crippen LogP contribution in [0.3, 0.4) is 0 Å². The van der Waals surface area contributed by atoms with Gasteiger partial charge in [-0.1, -0.05) is 18.2 Å². The molecule has 1 aliphatic heterocycles. The van der Waals surface area contributed by atoms with Crippen molar-refractivity contribution in [3.05, 3.63) is 95.6 Å². The molecule has 1 aliphatic rings. The lowest BCUT2D eigenvalue weighted by molar-refractivity contribution is 0.394. The van der Waals surface area contributed by atoms with Crippen molar-refractivity contribution in [2.24, 2.45) is 0 Å². The lowest BCUT2D eigenvalue weighted by Crippen LogP contribution is -2.30. The van der Waals surface area contributed by atoms with Crippen LogP contribution < -0.4 is 19.7 Å². The second-order valence-corrected chi connectivity index (χ2v) is 9.07. The maximum Gasteiger partial charge on any atom is 0.174 e. The van der Waals surface area contributed by atoms with Crippen LogP contribution in [0.4, 0.5) is 5.69 Å². The minimum atomic E-state index is -0.222. The summed E-state index contributed by atoms with van der Waals surface area (Å²) in [6.45, 7) is 4.10. The third-order valence-corrected chi connectivity index (χ3v) is 6.97. The van der Waals surface area contributed by atoms with Crippen molar-refractivity contribution in [1.29, 1.82) is 0 Å². The van der Waals surface area contributed by atoms with Gasteiger partial charge in [0.1, 0.15) is 17.2 Å². The summed E-state index contributed by atoms with van der Waals surface area (Å²) in [5, 5.41) is 14.7. The van der Waals surface area contributed by atoms with Crippen molar-refractivity contribution in [1.82, 2.24) is 14.9 Å². The van der Waals surface area contributed by atoms with Gasteiger partial charge < -0.3 is 29.4 Å². The van der Waals surface area contributed by atoms with E-state index >= 15 is 0 Å². The molecule has 2 N–H and O–H groups in total. The van der Waals surface area contributed by atoms with E-state index in [1.807, 2.05) is 61.5 Å². The summed E-state index contributed by atoms with van der Waals surface area (Å²) in [5.74, 6) is 1.57. The number of para-hydroxylation sites is 2. The van der Waals surface area contributed by atoms with E-state index in [0.29, 0.717) is 16.6 Å². The number of nitrogens with zero attached hydrogens (tertiary/aromatic N) is 3. The van der Waals surface area contributed by atoms with Gasteiger partial charge in [-0.05, 0) is 74.1 Å². The Kier molecular flexibility index (Phi) is 6.28. The summed E-state index contributed by atoms with van der Waals surface area (Å²) in [7, 11) is 3.27. The minimum Gasteiger partial charge on any atom is -0.506 e. The molecule has 2 aromatic heterocycles. The molecule has 1 saturated heterocycles. The number of hydrogen-bond donors (Lipinski definition) is 2. The molecule has 2 unspecified atom stereocenters. The molecular formula is C28H28N4O3S. The molecule has 0 saturated carbocycles. The SMILES string of the molecule is COc1ccc(N2C(=S)NC(c3ccccn3)C2c2cc(C)n(-c3ccccc3O)c2C)c(OC)c1. The van der Waals surface area contributed by atoms with E-state index in [4.69, 9.17) is 21.7 Å². The predicted molar refractivity (Wildman–Crippen MR) is 144 cm³/mol. The van der Waals surface area contributed by atoms with Gasteiger partial charge in [-0.3, -0.25) is 4.98 Å². The van der Waals surface area contributed by atoms with E-state index in [9.17, 15) is 5.11 Å². The Morgan fingerprint density at radius 3 is 2.42 bits per heavy atom. The molecule has 5 rings (SSSR count). The van der Waals surface area contributed by atoms with Crippen LogP contribution in [0, 0.1) is 13.8 Å². The Balaban J connectivity index is 1.71. The highest BCUT2D eigenvalue weighted by Gasteiger charge is 2.43. The smallest absolute Gasteiger partial charge is 0.174 e. The van der Waals surface area contributed by atoms with Gasteiger partial charge in [-0.2, -0.15) is 0 Å². The second kappa shape index (κ2) is 9.54. The lowest BCUT2D eigenvalue weighted by atomic mass is 9.96. The number of aryl methyl sites for hydroxylation is 1. The summed E-state index contributed by atoms with van der Waals surface area (Å²) in [6, 6.07) is 20.7. The van der Waals surface area contributed by atoms with E-state index in [0.717, 1.165) is 34.0 Å². The molecule has 2 aromatic carbocycles. The maximum absolute atomic E-state index is 10.6. The number of rotatable bonds is 6. The number of hydrogen-bond acceptors (Lipinski definition) is 5. The quantitative estimate of drug-likeness (QED) is 0.344. The fourth-order valence-corrected chi connectivity index (χ4v) is 5.36. The number of aromatic hydroxyl groups is 1. The van der Waals surface area contributed by atoms with Crippen LogP contribution in [0.5, 0.6) is 17.2 Å².